The second kappa shape index (κ2) is 57.1. The molecule has 0 aliphatic carbocycles. The first-order valence-electron chi connectivity index (χ1n) is 31.8. The molecule has 6 unspecified atom stereocenters. The molecule has 0 amide bonds. The van der Waals surface area contributed by atoms with Crippen molar-refractivity contribution in [3.05, 3.63) is 146 Å². The lowest BCUT2D eigenvalue weighted by molar-refractivity contribution is -0.301. The maximum absolute atomic E-state index is 13.2. The zero-order chi connectivity index (χ0) is 60.3. The lowest BCUT2D eigenvalue weighted by Crippen LogP contribution is -2.61. The maximum Gasteiger partial charge on any atom is 0.335 e. The van der Waals surface area contributed by atoms with Gasteiger partial charge in [0, 0.05) is 19.3 Å². The first-order valence-corrected chi connectivity index (χ1v) is 31.8. The zero-order valence-corrected chi connectivity index (χ0v) is 51.4. The van der Waals surface area contributed by atoms with E-state index >= 15 is 0 Å². The van der Waals surface area contributed by atoms with E-state index in [2.05, 4.69) is 154 Å². The van der Waals surface area contributed by atoms with Crippen molar-refractivity contribution < 1.29 is 58.2 Å². The summed E-state index contributed by atoms with van der Waals surface area (Å²) in [5, 5.41) is 31.6. The molecule has 12 heteroatoms. The number of carboxylic acid groups (broad SMARTS) is 1. The maximum atomic E-state index is 13.2. The molecule has 3 N–H and O–H groups in total. The number of allylic oxidation sites excluding steroid dienone is 24. The number of ether oxygens (including phenoxy) is 5. The van der Waals surface area contributed by atoms with Gasteiger partial charge in [-0.1, -0.05) is 218 Å². The van der Waals surface area contributed by atoms with Crippen LogP contribution in [0.15, 0.2) is 146 Å². The lowest BCUT2D eigenvalue weighted by atomic mass is 9.98. The summed E-state index contributed by atoms with van der Waals surface area (Å²) in [4.78, 5) is 51.3. The Morgan fingerprint density at radius 2 is 0.771 bits per heavy atom. The van der Waals surface area contributed by atoms with Crippen molar-refractivity contribution in [1.29, 1.82) is 0 Å². The number of aliphatic hydroxyl groups is 2. The summed E-state index contributed by atoms with van der Waals surface area (Å²) in [6.45, 7) is 5.67. The highest BCUT2D eigenvalue weighted by atomic mass is 16.7. The molecule has 0 spiro atoms. The highest BCUT2D eigenvalue weighted by Gasteiger charge is 2.50. The molecule has 1 aliphatic rings. The summed E-state index contributed by atoms with van der Waals surface area (Å²) in [6, 6.07) is 0. The number of esters is 3. The molecule has 1 fully saturated rings. The third-order valence-corrected chi connectivity index (χ3v) is 13.4. The number of aliphatic hydroxyl groups excluding tert-OH is 2. The summed E-state index contributed by atoms with van der Waals surface area (Å²) < 4.78 is 28.4. The summed E-state index contributed by atoms with van der Waals surface area (Å²) >= 11 is 0. The van der Waals surface area contributed by atoms with Crippen molar-refractivity contribution in [2.75, 3.05) is 13.2 Å². The minimum absolute atomic E-state index is 0.0159. The number of unbranched alkanes of at least 4 members (excludes halogenated alkanes) is 14. The summed E-state index contributed by atoms with van der Waals surface area (Å²) in [7, 11) is 0. The fourth-order valence-electron chi connectivity index (χ4n) is 8.58. The van der Waals surface area contributed by atoms with Crippen LogP contribution in [0, 0.1) is 0 Å². The normalized spacial score (nSPS) is 18.6. The molecule has 6 atom stereocenters. The van der Waals surface area contributed by atoms with Crippen LogP contribution in [0.25, 0.3) is 0 Å². The second-order valence-electron chi connectivity index (χ2n) is 20.9. The first-order chi connectivity index (χ1) is 40.6. The van der Waals surface area contributed by atoms with E-state index in [-0.39, 0.29) is 25.9 Å². The van der Waals surface area contributed by atoms with E-state index in [0.29, 0.717) is 25.7 Å². The van der Waals surface area contributed by atoms with Crippen molar-refractivity contribution >= 4 is 23.9 Å². The van der Waals surface area contributed by atoms with Crippen LogP contribution in [-0.2, 0) is 42.9 Å². The lowest BCUT2D eigenvalue weighted by Gasteiger charge is -2.40. The fraction of sp³-hybridized carbons (Fsp3) is 0.606. The van der Waals surface area contributed by atoms with Gasteiger partial charge in [0.15, 0.2) is 24.6 Å². The van der Waals surface area contributed by atoms with Crippen molar-refractivity contribution in [3.63, 3.8) is 0 Å². The molecule has 83 heavy (non-hydrogen) atoms. The summed E-state index contributed by atoms with van der Waals surface area (Å²) in [6.07, 6.45) is 69.5. The van der Waals surface area contributed by atoms with Crippen LogP contribution in [0.2, 0.25) is 0 Å². The summed E-state index contributed by atoms with van der Waals surface area (Å²) in [5.74, 6) is -3.27. The smallest absolute Gasteiger partial charge is 0.335 e. The highest BCUT2D eigenvalue weighted by Crippen LogP contribution is 2.26. The Labute approximate surface area is 502 Å². The third kappa shape index (κ3) is 46.6. The van der Waals surface area contributed by atoms with Crippen molar-refractivity contribution in [2.45, 2.75) is 263 Å². The largest absolute Gasteiger partial charge is 0.479 e. The number of aliphatic carboxylic acids is 1. The van der Waals surface area contributed by atoms with Gasteiger partial charge in [-0.25, -0.2) is 4.79 Å². The highest BCUT2D eigenvalue weighted by molar-refractivity contribution is 5.74. The molecular formula is C71H110O12. The van der Waals surface area contributed by atoms with Gasteiger partial charge in [0.25, 0.3) is 0 Å². The summed E-state index contributed by atoms with van der Waals surface area (Å²) in [5.41, 5.74) is 0. The Bertz CT molecular complexity index is 2000. The van der Waals surface area contributed by atoms with E-state index < -0.39 is 67.3 Å². The third-order valence-electron chi connectivity index (χ3n) is 13.4. The average molecular weight is 1160 g/mol. The minimum Gasteiger partial charge on any atom is -0.479 e. The number of rotatable bonds is 52. The van der Waals surface area contributed by atoms with Gasteiger partial charge < -0.3 is 39.0 Å². The predicted molar refractivity (Wildman–Crippen MR) is 339 cm³/mol. The quantitative estimate of drug-likeness (QED) is 0.0228. The molecule has 1 saturated heterocycles. The van der Waals surface area contributed by atoms with E-state index in [1.165, 1.54) is 25.7 Å². The number of hydrogen-bond acceptors (Lipinski definition) is 11. The van der Waals surface area contributed by atoms with E-state index in [9.17, 15) is 34.5 Å². The van der Waals surface area contributed by atoms with Crippen LogP contribution in [-0.4, -0.2) is 89.2 Å². The van der Waals surface area contributed by atoms with Gasteiger partial charge in [-0.15, -0.1) is 0 Å². The van der Waals surface area contributed by atoms with Gasteiger partial charge in [-0.2, -0.15) is 0 Å². The Morgan fingerprint density at radius 3 is 1.19 bits per heavy atom. The second-order valence-corrected chi connectivity index (χ2v) is 20.9. The molecule has 466 valence electrons. The molecule has 1 heterocycles. The van der Waals surface area contributed by atoms with Crippen LogP contribution in [0.5, 0.6) is 0 Å². The van der Waals surface area contributed by atoms with E-state index in [1.807, 2.05) is 12.2 Å². The van der Waals surface area contributed by atoms with E-state index in [4.69, 9.17) is 23.7 Å². The van der Waals surface area contributed by atoms with E-state index in [1.54, 1.807) is 0 Å². The van der Waals surface area contributed by atoms with Crippen LogP contribution >= 0.6 is 0 Å². The number of carbonyl (C=O) groups is 4. The molecular weight excluding hydrogens is 1040 g/mol. The van der Waals surface area contributed by atoms with E-state index in [0.717, 1.165) is 135 Å². The van der Waals surface area contributed by atoms with Gasteiger partial charge in [0.1, 0.15) is 18.8 Å². The zero-order valence-electron chi connectivity index (χ0n) is 51.4. The SMILES string of the molecule is CC/C=C\C/C=C\C/C=C\C/C=C\C/C=C\CCCC(=O)OC(COC(=O)CCCCCCCC/C=C\C/C=C\C/C=C\CCCCC)COC1OC(C(=O)O)C(O)C(O)C1OC(=O)CCCCCC/C=C\C/C=C\C/C=C\C/C=C\CC. The molecule has 0 aromatic rings. The molecule has 0 bridgehead atoms. The molecule has 12 nitrogen and oxygen atoms in total. The Hall–Kier alpha value is -5.40. The minimum atomic E-state index is -1.93. The molecule has 0 aromatic carbocycles. The Kier molecular flexibility index (Phi) is 52.0. The number of hydrogen-bond donors (Lipinski definition) is 3. The van der Waals surface area contributed by atoms with Crippen LogP contribution in [0.4, 0.5) is 0 Å². The number of carbonyl (C=O) groups excluding carboxylic acids is 3. The van der Waals surface area contributed by atoms with Gasteiger partial charge in [0.05, 0.1) is 6.61 Å². The molecule has 0 saturated carbocycles. The average Bonchev–Trinajstić information content (AvgIpc) is 3.59. The van der Waals surface area contributed by atoms with Crippen LogP contribution in [0.3, 0.4) is 0 Å². The topological polar surface area (TPSA) is 175 Å². The van der Waals surface area contributed by atoms with Gasteiger partial charge in [-0.05, 0) is 135 Å². The standard InChI is InChI=1S/C71H110O12/c1-4-7-10-13-16-19-22-25-28-31-32-35-36-39-42-45-48-51-54-57-63(72)79-60-62(81-64(73)58-55-52-49-46-43-40-37-33-29-26-23-20-17-14-11-8-5-2)61-80-71-69(67(76)66(75)68(83-71)70(77)78)82-65(74)59-56-53-50-47-44-41-38-34-30-27-24-21-18-15-12-9-6-3/h8-9,11-12,16-21,25-30,32,35,37-38,40-41,46,49,62,66-69,71,75-76H,4-7,10,13-15,22-24,31,33-34,36,39,42-45,47-48,50-61H2,1-3H3,(H,77,78)/b11-8-,12-9-,19-16-,20-17-,21-18-,28-25-,29-26-,30-27-,35-32-,40-37-,41-38-,49-46-. The predicted octanol–water partition coefficient (Wildman–Crippen LogP) is 17.1. The fourth-order valence-corrected chi connectivity index (χ4v) is 8.58. The van der Waals surface area contributed by atoms with Gasteiger partial charge in [-0.3, -0.25) is 14.4 Å². The monoisotopic (exact) mass is 1150 g/mol. The first kappa shape index (κ1) is 75.6. The molecule has 0 radical (unpaired) electrons. The molecule has 1 aliphatic heterocycles. The Balaban J connectivity index is 2.74. The molecule has 1 rings (SSSR count). The van der Waals surface area contributed by atoms with Gasteiger partial charge >= 0.3 is 23.9 Å². The van der Waals surface area contributed by atoms with Gasteiger partial charge in [0.2, 0.25) is 0 Å². The molecule has 0 aromatic heterocycles. The van der Waals surface area contributed by atoms with Crippen LogP contribution in [0.1, 0.15) is 226 Å². The Morgan fingerprint density at radius 1 is 0.410 bits per heavy atom. The number of carboxylic acids is 1. The van der Waals surface area contributed by atoms with Crippen LogP contribution < -0.4 is 0 Å². The van der Waals surface area contributed by atoms with Crippen molar-refractivity contribution in [1.82, 2.24) is 0 Å². The van der Waals surface area contributed by atoms with Crippen molar-refractivity contribution in [3.8, 4) is 0 Å². The van der Waals surface area contributed by atoms with Crippen molar-refractivity contribution in [2.24, 2.45) is 0 Å².